The Morgan fingerprint density at radius 3 is 2.44 bits per heavy atom. The summed E-state index contributed by atoms with van der Waals surface area (Å²) in [5, 5.41) is 3.21. The first kappa shape index (κ1) is 26.2. The minimum absolute atomic E-state index is 0.106. The topological polar surface area (TPSA) is 86.8 Å². The molecule has 0 saturated carbocycles. The summed E-state index contributed by atoms with van der Waals surface area (Å²) in [5.41, 5.74) is 1.93. The molecule has 0 aromatic heterocycles. The number of amides is 2. The zero-order chi connectivity index (χ0) is 24.1. The van der Waals surface area contributed by atoms with Gasteiger partial charge in [0.1, 0.15) is 12.6 Å². The van der Waals surface area contributed by atoms with Crippen molar-refractivity contribution >= 4 is 55.1 Å². The number of rotatable bonds is 9. The SMILES string of the molecule is CCNC(=O)C(C)N(Cc1cccc(Cl)c1)C(=O)CN(c1ccc(Br)c(C)c1)S(C)(=O)=O. The van der Waals surface area contributed by atoms with Crippen LogP contribution in [0.4, 0.5) is 5.69 Å². The fourth-order valence-electron chi connectivity index (χ4n) is 3.13. The summed E-state index contributed by atoms with van der Waals surface area (Å²) >= 11 is 9.47. The van der Waals surface area contributed by atoms with E-state index in [-0.39, 0.29) is 12.5 Å². The Morgan fingerprint density at radius 1 is 1.19 bits per heavy atom. The average molecular weight is 545 g/mol. The maximum absolute atomic E-state index is 13.4. The number of carbonyl (C=O) groups excluding carboxylic acids is 2. The van der Waals surface area contributed by atoms with E-state index in [2.05, 4.69) is 21.2 Å². The molecule has 1 unspecified atom stereocenters. The maximum atomic E-state index is 13.4. The minimum atomic E-state index is -3.76. The van der Waals surface area contributed by atoms with Crippen molar-refractivity contribution in [1.29, 1.82) is 0 Å². The lowest BCUT2D eigenvalue weighted by Gasteiger charge is -2.31. The second kappa shape index (κ2) is 11.2. The molecule has 2 aromatic carbocycles. The third-order valence-electron chi connectivity index (χ3n) is 4.87. The second-order valence-corrected chi connectivity index (χ2v) is 10.6. The van der Waals surface area contributed by atoms with Crippen molar-refractivity contribution in [3.8, 4) is 0 Å². The van der Waals surface area contributed by atoms with Crippen LogP contribution in [-0.4, -0.2) is 50.5 Å². The Morgan fingerprint density at radius 2 is 1.88 bits per heavy atom. The number of hydrogen-bond acceptors (Lipinski definition) is 4. The van der Waals surface area contributed by atoms with Crippen LogP contribution in [0.5, 0.6) is 0 Å². The number of anilines is 1. The third kappa shape index (κ3) is 6.95. The lowest BCUT2D eigenvalue weighted by atomic mass is 10.1. The van der Waals surface area contributed by atoms with Crippen molar-refractivity contribution in [3.63, 3.8) is 0 Å². The van der Waals surface area contributed by atoms with Gasteiger partial charge in [-0.25, -0.2) is 8.42 Å². The van der Waals surface area contributed by atoms with E-state index in [1.54, 1.807) is 56.3 Å². The molecule has 0 aliphatic carbocycles. The van der Waals surface area contributed by atoms with Crippen LogP contribution in [0.1, 0.15) is 25.0 Å². The lowest BCUT2D eigenvalue weighted by molar-refractivity contribution is -0.139. The van der Waals surface area contributed by atoms with Crippen LogP contribution in [0, 0.1) is 6.92 Å². The van der Waals surface area contributed by atoms with Crippen molar-refractivity contribution in [1.82, 2.24) is 10.2 Å². The monoisotopic (exact) mass is 543 g/mol. The molecule has 1 atom stereocenters. The van der Waals surface area contributed by atoms with Crippen molar-refractivity contribution in [3.05, 3.63) is 63.1 Å². The molecule has 0 heterocycles. The Hall–Kier alpha value is -2.10. The highest BCUT2D eigenvalue weighted by molar-refractivity contribution is 9.10. The fourth-order valence-corrected chi connectivity index (χ4v) is 4.44. The van der Waals surface area contributed by atoms with Gasteiger partial charge in [-0.05, 0) is 62.2 Å². The molecule has 0 aliphatic rings. The number of likely N-dealkylation sites (N-methyl/N-ethyl adjacent to an activating group) is 1. The van der Waals surface area contributed by atoms with Gasteiger partial charge in [-0.1, -0.05) is 39.7 Å². The van der Waals surface area contributed by atoms with E-state index in [4.69, 9.17) is 11.6 Å². The molecule has 10 heteroatoms. The quantitative estimate of drug-likeness (QED) is 0.521. The summed E-state index contributed by atoms with van der Waals surface area (Å²) in [6.07, 6.45) is 1.05. The molecule has 0 fully saturated rings. The van der Waals surface area contributed by atoms with Gasteiger partial charge in [0.05, 0.1) is 11.9 Å². The number of hydrogen-bond donors (Lipinski definition) is 1. The summed E-state index contributed by atoms with van der Waals surface area (Å²) in [6.45, 7) is 5.31. The minimum Gasteiger partial charge on any atom is -0.355 e. The number of nitrogens with one attached hydrogen (secondary N) is 1. The van der Waals surface area contributed by atoms with Crippen LogP contribution in [0.15, 0.2) is 46.9 Å². The molecule has 0 saturated heterocycles. The van der Waals surface area contributed by atoms with E-state index in [9.17, 15) is 18.0 Å². The first-order chi connectivity index (χ1) is 14.9. The van der Waals surface area contributed by atoms with E-state index >= 15 is 0 Å². The number of aryl methyl sites for hydroxylation is 1. The predicted octanol–water partition coefficient (Wildman–Crippen LogP) is 3.73. The highest BCUT2D eigenvalue weighted by atomic mass is 79.9. The molecule has 32 heavy (non-hydrogen) atoms. The molecule has 0 aliphatic heterocycles. The highest BCUT2D eigenvalue weighted by Gasteiger charge is 2.30. The second-order valence-electron chi connectivity index (χ2n) is 7.43. The van der Waals surface area contributed by atoms with Gasteiger partial charge in [-0.3, -0.25) is 13.9 Å². The van der Waals surface area contributed by atoms with Gasteiger partial charge in [0.2, 0.25) is 21.8 Å². The average Bonchev–Trinajstić information content (AvgIpc) is 2.71. The van der Waals surface area contributed by atoms with Gasteiger partial charge < -0.3 is 10.2 Å². The number of sulfonamides is 1. The smallest absolute Gasteiger partial charge is 0.244 e. The van der Waals surface area contributed by atoms with Crippen molar-refractivity contribution in [2.75, 3.05) is 23.7 Å². The van der Waals surface area contributed by atoms with E-state index < -0.39 is 28.5 Å². The summed E-state index contributed by atoms with van der Waals surface area (Å²) in [6, 6.07) is 11.2. The van der Waals surface area contributed by atoms with Gasteiger partial charge in [-0.2, -0.15) is 0 Å². The number of carbonyl (C=O) groups is 2. The van der Waals surface area contributed by atoms with Gasteiger partial charge in [0.15, 0.2) is 0 Å². The summed E-state index contributed by atoms with van der Waals surface area (Å²) in [7, 11) is -3.76. The first-order valence-corrected chi connectivity index (χ1v) is 13.0. The number of benzene rings is 2. The van der Waals surface area contributed by atoms with Crippen molar-refractivity contribution < 1.29 is 18.0 Å². The summed E-state index contributed by atoms with van der Waals surface area (Å²) in [5.74, 6) is -0.831. The molecule has 0 radical (unpaired) electrons. The molecule has 2 amide bonds. The molecule has 0 spiro atoms. The Balaban J connectivity index is 2.40. The zero-order valence-corrected chi connectivity index (χ0v) is 21.6. The van der Waals surface area contributed by atoms with Crippen LogP contribution in [-0.2, 0) is 26.2 Å². The molecule has 2 aromatic rings. The first-order valence-electron chi connectivity index (χ1n) is 9.99. The predicted molar refractivity (Wildman–Crippen MR) is 131 cm³/mol. The standard InChI is InChI=1S/C22H27BrClN3O4S/c1-5-25-22(29)16(3)26(13-17-7-6-8-18(24)12-17)21(28)14-27(32(4,30)31)19-9-10-20(23)15(2)11-19/h6-12,16H,5,13-14H2,1-4H3,(H,25,29). The molecule has 1 N–H and O–H groups in total. The molecule has 2 rings (SSSR count). The Bertz CT molecular complexity index is 1090. The third-order valence-corrected chi connectivity index (χ3v) is 7.13. The number of nitrogens with zero attached hydrogens (tertiary/aromatic N) is 2. The van der Waals surface area contributed by atoms with Crippen LogP contribution in [0.25, 0.3) is 0 Å². The van der Waals surface area contributed by atoms with Gasteiger partial charge in [0.25, 0.3) is 0 Å². The van der Waals surface area contributed by atoms with Gasteiger partial charge >= 0.3 is 0 Å². The van der Waals surface area contributed by atoms with Crippen molar-refractivity contribution in [2.45, 2.75) is 33.4 Å². The van der Waals surface area contributed by atoms with Crippen LogP contribution >= 0.6 is 27.5 Å². The van der Waals surface area contributed by atoms with Crippen LogP contribution < -0.4 is 9.62 Å². The molecular formula is C22H27BrClN3O4S. The van der Waals surface area contributed by atoms with E-state index in [1.807, 2.05) is 6.92 Å². The van der Waals surface area contributed by atoms with Crippen LogP contribution in [0.3, 0.4) is 0 Å². The van der Waals surface area contributed by atoms with Gasteiger partial charge in [0, 0.05) is 22.6 Å². The largest absolute Gasteiger partial charge is 0.355 e. The zero-order valence-electron chi connectivity index (χ0n) is 18.4. The van der Waals surface area contributed by atoms with E-state index in [0.717, 1.165) is 26.2 Å². The molecule has 7 nitrogen and oxygen atoms in total. The van der Waals surface area contributed by atoms with Gasteiger partial charge in [-0.15, -0.1) is 0 Å². The lowest BCUT2D eigenvalue weighted by Crippen LogP contribution is -2.51. The molecule has 174 valence electrons. The summed E-state index contributed by atoms with van der Waals surface area (Å²) in [4.78, 5) is 27.2. The highest BCUT2D eigenvalue weighted by Crippen LogP contribution is 2.25. The van der Waals surface area contributed by atoms with Crippen LogP contribution in [0.2, 0.25) is 5.02 Å². The van der Waals surface area contributed by atoms with Crippen molar-refractivity contribution in [2.24, 2.45) is 0 Å². The maximum Gasteiger partial charge on any atom is 0.244 e. The normalized spacial score (nSPS) is 12.2. The molecular weight excluding hydrogens is 518 g/mol. The summed E-state index contributed by atoms with van der Waals surface area (Å²) < 4.78 is 27.0. The fraction of sp³-hybridized carbons (Fsp3) is 0.364. The molecule has 0 bridgehead atoms. The van der Waals surface area contributed by atoms with E-state index in [1.165, 1.54) is 4.90 Å². The Kier molecular flexibility index (Phi) is 9.12. The Labute approximate surface area is 202 Å². The number of halogens is 2. The van der Waals surface area contributed by atoms with E-state index in [0.29, 0.717) is 17.3 Å².